The predicted molar refractivity (Wildman–Crippen MR) is 93.4 cm³/mol. The summed E-state index contributed by atoms with van der Waals surface area (Å²) in [5, 5.41) is 0. The number of carbonyl (C=O) groups is 2. The minimum Gasteiger partial charge on any atom is -0.339 e. The van der Waals surface area contributed by atoms with Crippen molar-refractivity contribution in [3.8, 4) is 0 Å². The predicted octanol–water partition coefficient (Wildman–Crippen LogP) is 1.31. The molecular formula is C17H26ClN3O2. The number of nitrogens with two attached hydrogens (primary N) is 1. The first-order valence-corrected chi connectivity index (χ1v) is 7.86. The second-order valence-corrected chi connectivity index (χ2v) is 6.10. The van der Waals surface area contributed by atoms with E-state index in [0.29, 0.717) is 32.6 Å². The molecule has 128 valence electrons. The van der Waals surface area contributed by atoms with E-state index in [9.17, 15) is 9.59 Å². The van der Waals surface area contributed by atoms with Gasteiger partial charge in [-0.3, -0.25) is 9.59 Å². The highest BCUT2D eigenvalue weighted by molar-refractivity contribution is 5.85. The van der Waals surface area contributed by atoms with Crippen LogP contribution in [0.25, 0.3) is 0 Å². The molecule has 1 aliphatic heterocycles. The zero-order valence-corrected chi connectivity index (χ0v) is 14.6. The molecule has 2 amide bonds. The van der Waals surface area contributed by atoms with Crippen molar-refractivity contribution >= 4 is 24.2 Å². The number of amides is 2. The number of piperazine rings is 1. The monoisotopic (exact) mass is 339 g/mol. The Hall–Kier alpha value is -1.59. The van der Waals surface area contributed by atoms with E-state index in [4.69, 9.17) is 5.73 Å². The molecular weight excluding hydrogens is 314 g/mol. The molecule has 0 spiro atoms. The summed E-state index contributed by atoms with van der Waals surface area (Å²) < 4.78 is 0. The molecule has 5 nitrogen and oxygen atoms in total. The summed E-state index contributed by atoms with van der Waals surface area (Å²) in [6.45, 7) is 6.13. The van der Waals surface area contributed by atoms with Gasteiger partial charge in [-0.2, -0.15) is 0 Å². The Morgan fingerprint density at radius 2 is 1.48 bits per heavy atom. The van der Waals surface area contributed by atoms with E-state index < -0.39 is 6.04 Å². The molecule has 1 aliphatic rings. The Kier molecular flexibility index (Phi) is 7.52. The van der Waals surface area contributed by atoms with Crippen molar-refractivity contribution in [1.29, 1.82) is 0 Å². The van der Waals surface area contributed by atoms with Crippen LogP contribution in [0, 0.1) is 5.92 Å². The third kappa shape index (κ3) is 5.22. The smallest absolute Gasteiger partial charge is 0.239 e. The third-order valence-corrected chi connectivity index (χ3v) is 4.01. The highest BCUT2D eigenvalue weighted by Crippen LogP contribution is 2.10. The molecule has 6 heteroatoms. The maximum absolute atomic E-state index is 12.4. The van der Waals surface area contributed by atoms with E-state index in [-0.39, 0.29) is 30.1 Å². The van der Waals surface area contributed by atoms with E-state index in [1.54, 1.807) is 4.90 Å². The summed E-state index contributed by atoms with van der Waals surface area (Å²) in [6.07, 6.45) is 0.546. The van der Waals surface area contributed by atoms with Gasteiger partial charge in [0.15, 0.2) is 0 Å². The van der Waals surface area contributed by atoms with Crippen molar-refractivity contribution in [2.24, 2.45) is 11.7 Å². The third-order valence-electron chi connectivity index (χ3n) is 4.01. The highest BCUT2D eigenvalue weighted by atomic mass is 35.5. The number of rotatable bonds is 4. The molecule has 0 radical (unpaired) electrons. The van der Waals surface area contributed by atoms with Gasteiger partial charge in [0.2, 0.25) is 11.8 Å². The molecule has 0 bridgehead atoms. The summed E-state index contributed by atoms with van der Waals surface area (Å²) >= 11 is 0. The average Bonchev–Trinajstić information content (AvgIpc) is 2.54. The van der Waals surface area contributed by atoms with Crippen molar-refractivity contribution in [3.63, 3.8) is 0 Å². The average molecular weight is 340 g/mol. The first-order valence-electron chi connectivity index (χ1n) is 7.86. The largest absolute Gasteiger partial charge is 0.339 e. The van der Waals surface area contributed by atoms with Crippen LogP contribution < -0.4 is 5.73 Å². The van der Waals surface area contributed by atoms with Gasteiger partial charge in [-0.05, 0) is 12.0 Å². The van der Waals surface area contributed by atoms with Gasteiger partial charge < -0.3 is 15.5 Å². The van der Waals surface area contributed by atoms with Crippen LogP contribution in [-0.4, -0.2) is 53.8 Å². The first-order chi connectivity index (χ1) is 10.5. The fourth-order valence-corrected chi connectivity index (χ4v) is 2.70. The van der Waals surface area contributed by atoms with Crippen LogP contribution in [0.5, 0.6) is 0 Å². The van der Waals surface area contributed by atoms with Crippen molar-refractivity contribution in [2.75, 3.05) is 26.2 Å². The lowest BCUT2D eigenvalue weighted by Gasteiger charge is -2.36. The number of hydrogen-bond acceptors (Lipinski definition) is 3. The Labute approximate surface area is 144 Å². The zero-order valence-electron chi connectivity index (χ0n) is 13.8. The maximum Gasteiger partial charge on any atom is 0.239 e. The molecule has 1 aromatic carbocycles. The van der Waals surface area contributed by atoms with E-state index in [1.165, 1.54) is 0 Å². The molecule has 1 atom stereocenters. The number of nitrogens with zero attached hydrogens (tertiary/aromatic N) is 2. The molecule has 1 saturated heterocycles. The topological polar surface area (TPSA) is 66.6 Å². The lowest BCUT2D eigenvalue weighted by atomic mass is 10.1. The summed E-state index contributed by atoms with van der Waals surface area (Å²) in [4.78, 5) is 28.0. The van der Waals surface area contributed by atoms with Gasteiger partial charge in [0.05, 0.1) is 6.04 Å². The Morgan fingerprint density at radius 3 is 1.96 bits per heavy atom. The van der Waals surface area contributed by atoms with Gasteiger partial charge in [-0.25, -0.2) is 0 Å². The van der Waals surface area contributed by atoms with Gasteiger partial charge in [0, 0.05) is 32.1 Å². The van der Waals surface area contributed by atoms with E-state index >= 15 is 0 Å². The zero-order chi connectivity index (χ0) is 16.1. The van der Waals surface area contributed by atoms with Crippen molar-refractivity contribution in [2.45, 2.75) is 26.3 Å². The lowest BCUT2D eigenvalue weighted by molar-refractivity contribution is -0.142. The summed E-state index contributed by atoms with van der Waals surface area (Å²) in [5.41, 5.74) is 7.12. The molecule has 2 rings (SSSR count). The highest BCUT2D eigenvalue weighted by Gasteiger charge is 2.27. The van der Waals surface area contributed by atoms with Gasteiger partial charge in [0.1, 0.15) is 0 Å². The molecule has 1 aromatic rings. The van der Waals surface area contributed by atoms with Gasteiger partial charge >= 0.3 is 0 Å². The van der Waals surface area contributed by atoms with Gasteiger partial charge in [-0.15, -0.1) is 12.4 Å². The van der Waals surface area contributed by atoms with Crippen LogP contribution >= 0.6 is 12.4 Å². The Balaban J connectivity index is 0.00000264. The fourth-order valence-electron chi connectivity index (χ4n) is 2.70. The van der Waals surface area contributed by atoms with Crippen LogP contribution in [0.1, 0.15) is 19.4 Å². The molecule has 0 saturated carbocycles. The summed E-state index contributed by atoms with van der Waals surface area (Å²) in [6, 6.07) is 9.28. The van der Waals surface area contributed by atoms with Gasteiger partial charge in [-0.1, -0.05) is 44.2 Å². The SMILES string of the molecule is CC(C)C(=O)N1CCN(C(=O)C(N)Cc2ccccc2)CC1.Cl. The Bertz CT molecular complexity index is 514. The molecule has 1 unspecified atom stereocenters. The number of carbonyl (C=O) groups excluding carboxylic acids is 2. The summed E-state index contributed by atoms with van der Waals surface area (Å²) in [7, 11) is 0. The molecule has 2 N–H and O–H groups in total. The van der Waals surface area contributed by atoms with E-state index in [1.807, 2.05) is 49.1 Å². The van der Waals surface area contributed by atoms with Crippen LogP contribution in [0.4, 0.5) is 0 Å². The molecule has 1 fully saturated rings. The number of benzene rings is 1. The van der Waals surface area contributed by atoms with Crippen LogP contribution in [0.3, 0.4) is 0 Å². The minimum absolute atomic E-state index is 0. The normalized spacial score (nSPS) is 16.0. The molecule has 0 aliphatic carbocycles. The fraction of sp³-hybridized carbons (Fsp3) is 0.529. The first kappa shape index (κ1) is 19.5. The number of hydrogen-bond donors (Lipinski definition) is 1. The van der Waals surface area contributed by atoms with Gasteiger partial charge in [0.25, 0.3) is 0 Å². The summed E-state index contributed by atoms with van der Waals surface area (Å²) in [5.74, 6) is 0.128. The standard InChI is InChI=1S/C17H25N3O2.ClH/c1-13(2)16(21)19-8-10-20(11-9-19)17(22)15(18)12-14-6-4-3-5-7-14;/h3-7,13,15H,8-12,18H2,1-2H3;1H. The minimum atomic E-state index is -0.519. The maximum atomic E-state index is 12.4. The van der Waals surface area contributed by atoms with Crippen molar-refractivity contribution < 1.29 is 9.59 Å². The van der Waals surface area contributed by atoms with E-state index in [0.717, 1.165) is 5.56 Å². The van der Waals surface area contributed by atoms with Crippen LogP contribution in [-0.2, 0) is 16.0 Å². The molecule has 0 aromatic heterocycles. The second kappa shape index (κ2) is 8.89. The second-order valence-electron chi connectivity index (χ2n) is 6.10. The van der Waals surface area contributed by atoms with E-state index in [2.05, 4.69) is 0 Å². The van der Waals surface area contributed by atoms with Crippen molar-refractivity contribution in [1.82, 2.24) is 9.80 Å². The molecule has 1 heterocycles. The Morgan fingerprint density at radius 1 is 1.00 bits per heavy atom. The van der Waals surface area contributed by atoms with Crippen LogP contribution in [0.2, 0.25) is 0 Å². The van der Waals surface area contributed by atoms with Crippen LogP contribution in [0.15, 0.2) is 30.3 Å². The van der Waals surface area contributed by atoms with Crippen molar-refractivity contribution in [3.05, 3.63) is 35.9 Å². The molecule has 23 heavy (non-hydrogen) atoms. The quantitative estimate of drug-likeness (QED) is 0.899. The lowest BCUT2D eigenvalue weighted by Crippen LogP contribution is -2.55. The number of halogens is 1.